The van der Waals surface area contributed by atoms with Gasteiger partial charge in [0.15, 0.2) is 0 Å². The maximum Gasteiger partial charge on any atom is 0.131 e. The monoisotopic (exact) mass is 273 g/mol. The van der Waals surface area contributed by atoms with Crippen LogP contribution in [-0.2, 0) is 10.3 Å². The molecule has 0 heterocycles. The molecule has 1 aromatic rings. The lowest BCUT2D eigenvalue weighted by atomic mass is 9.60. The Balaban J connectivity index is 2.48. The Morgan fingerprint density at radius 2 is 2.15 bits per heavy atom. The van der Waals surface area contributed by atoms with E-state index in [1.807, 2.05) is 30.3 Å². The van der Waals surface area contributed by atoms with Crippen molar-refractivity contribution in [1.82, 2.24) is 0 Å². The molecule has 108 valence electrons. The van der Waals surface area contributed by atoms with Crippen molar-refractivity contribution >= 4 is 0 Å². The number of methoxy groups -OCH3 is 1. The zero-order valence-electron chi connectivity index (χ0n) is 12.3. The lowest BCUT2D eigenvalue weighted by Gasteiger charge is -2.46. The average Bonchev–Trinajstić information content (AvgIpc) is 2.48. The number of nitrogens with zero attached hydrogens (tertiary/aromatic N) is 1. The molecular weight excluding hydrogens is 250 g/mol. The molecule has 1 fully saturated rings. The van der Waals surface area contributed by atoms with Crippen LogP contribution in [0.15, 0.2) is 30.3 Å². The summed E-state index contributed by atoms with van der Waals surface area (Å²) in [6.45, 7) is 2.31. The minimum absolute atomic E-state index is 0.150. The summed E-state index contributed by atoms with van der Waals surface area (Å²) in [5, 5.41) is 21.1. The van der Waals surface area contributed by atoms with Crippen LogP contribution in [0, 0.1) is 22.7 Å². The molecule has 0 spiro atoms. The zero-order valence-corrected chi connectivity index (χ0v) is 12.3. The smallest absolute Gasteiger partial charge is 0.131 e. The van der Waals surface area contributed by atoms with Crippen LogP contribution in [0.25, 0.3) is 0 Å². The minimum atomic E-state index is -1.24. The number of rotatable bonds is 4. The number of hydrogen-bond donors (Lipinski definition) is 1. The number of aliphatic hydroxyl groups is 1. The Morgan fingerprint density at radius 1 is 1.45 bits per heavy atom. The lowest BCUT2D eigenvalue weighted by molar-refractivity contribution is -0.127. The van der Waals surface area contributed by atoms with Crippen molar-refractivity contribution in [1.29, 1.82) is 5.26 Å². The molecule has 1 aliphatic carbocycles. The molecule has 3 nitrogen and oxygen atoms in total. The second-order valence-corrected chi connectivity index (χ2v) is 6.05. The van der Waals surface area contributed by atoms with E-state index in [9.17, 15) is 10.4 Å². The summed E-state index contributed by atoms with van der Waals surface area (Å²) in [5.74, 6) is 0.454. The first-order valence-corrected chi connectivity index (χ1v) is 7.26. The highest BCUT2D eigenvalue weighted by atomic mass is 16.5. The van der Waals surface area contributed by atoms with Crippen molar-refractivity contribution in [3.63, 3.8) is 0 Å². The van der Waals surface area contributed by atoms with Crippen molar-refractivity contribution in [3.05, 3.63) is 35.9 Å². The summed E-state index contributed by atoms with van der Waals surface area (Å²) >= 11 is 0. The normalized spacial score (nSPS) is 29.4. The van der Waals surface area contributed by atoms with Crippen LogP contribution in [0.3, 0.4) is 0 Å². The number of nitriles is 1. The van der Waals surface area contributed by atoms with Gasteiger partial charge in [0.05, 0.1) is 18.1 Å². The molecule has 0 aromatic heterocycles. The van der Waals surface area contributed by atoms with E-state index >= 15 is 0 Å². The van der Waals surface area contributed by atoms with Crippen LogP contribution in [-0.4, -0.2) is 18.8 Å². The fraction of sp³-hybridized carbons (Fsp3) is 0.588. The molecule has 3 unspecified atom stereocenters. The molecule has 3 heteroatoms. The summed E-state index contributed by atoms with van der Waals surface area (Å²) in [7, 11) is 1.57. The third-order valence-electron chi connectivity index (χ3n) is 4.61. The van der Waals surface area contributed by atoms with E-state index in [1.54, 1.807) is 7.11 Å². The van der Waals surface area contributed by atoms with E-state index < -0.39 is 11.0 Å². The average molecular weight is 273 g/mol. The summed E-state index contributed by atoms with van der Waals surface area (Å²) in [6, 6.07) is 11.9. The molecule has 0 radical (unpaired) electrons. The molecule has 1 aliphatic rings. The van der Waals surface area contributed by atoms with Crippen molar-refractivity contribution in [2.45, 2.75) is 38.2 Å². The molecule has 3 atom stereocenters. The van der Waals surface area contributed by atoms with Gasteiger partial charge in [0, 0.05) is 7.11 Å². The first-order valence-electron chi connectivity index (χ1n) is 7.26. The van der Waals surface area contributed by atoms with Crippen LogP contribution in [0.1, 0.15) is 38.2 Å². The molecule has 0 bridgehead atoms. The Bertz CT molecular complexity index is 482. The number of hydrogen-bond acceptors (Lipinski definition) is 3. The fourth-order valence-electron chi connectivity index (χ4n) is 3.54. The third kappa shape index (κ3) is 2.46. The zero-order chi connectivity index (χ0) is 14.6. The lowest BCUT2D eigenvalue weighted by Crippen LogP contribution is -2.50. The molecule has 20 heavy (non-hydrogen) atoms. The highest BCUT2D eigenvalue weighted by molar-refractivity contribution is 5.30. The Labute approximate surface area is 121 Å². The van der Waals surface area contributed by atoms with Gasteiger partial charge in [-0.1, -0.05) is 50.1 Å². The summed E-state index contributed by atoms with van der Waals surface area (Å²) in [6.07, 6.45) is 3.55. The highest BCUT2D eigenvalue weighted by Gasteiger charge is 2.53. The van der Waals surface area contributed by atoms with Gasteiger partial charge in [0.25, 0.3) is 0 Å². The van der Waals surface area contributed by atoms with Crippen LogP contribution in [0.4, 0.5) is 0 Å². The molecule has 0 amide bonds. The van der Waals surface area contributed by atoms with Gasteiger partial charge in [0.1, 0.15) is 5.60 Å². The molecule has 1 saturated carbocycles. The third-order valence-corrected chi connectivity index (χ3v) is 4.61. The fourth-order valence-corrected chi connectivity index (χ4v) is 3.54. The van der Waals surface area contributed by atoms with E-state index in [2.05, 4.69) is 13.0 Å². The predicted molar refractivity (Wildman–Crippen MR) is 77.9 cm³/mol. The van der Waals surface area contributed by atoms with Gasteiger partial charge in [-0.3, -0.25) is 0 Å². The highest BCUT2D eigenvalue weighted by Crippen LogP contribution is 2.51. The second-order valence-electron chi connectivity index (χ2n) is 6.05. The number of ether oxygens (including phenoxy) is 1. The van der Waals surface area contributed by atoms with Crippen molar-refractivity contribution in [2.24, 2.45) is 11.3 Å². The van der Waals surface area contributed by atoms with Crippen LogP contribution in [0.5, 0.6) is 0 Å². The van der Waals surface area contributed by atoms with Crippen LogP contribution < -0.4 is 0 Å². The summed E-state index contributed by atoms with van der Waals surface area (Å²) in [5.41, 5.74) is -1.23. The maximum atomic E-state index is 11.3. The van der Waals surface area contributed by atoms with E-state index in [4.69, 9.17) is 4.74 Å². The van der Waals surface area contributed by atoms with E-state index in [0.29, 0.717) is 5.92 Å². The van der Waals surface area contributed by atoms with Gasteiger partial charge in [-0.05, 0) is 24.3 Å². The van der Waals surface area contributed by atoms with Gasteiger partial charge >= 0.3 is 0 Å². The van der Waals surface area contributed by atoms with E-state index in [-0.39, 0.29) is 6.61 Å². The molecule has 0 aliphatic heterocycles. The Kier molecular flexibility index (Phi) is 4.47. The quantitative estimate of drug-likeness (QED) is 0.916. The van der Waals surface area contributed by atoms with Crippen molar-refractivity contribution in [2.75, 3.05) is 13.7 Å². The van der Waals surface area contributed by atoms with Gasteiger partial charge in [-0.15, -0.1) is 0 Å². The molecular formula is C17H23NO2. The summed E-state index contributed by atoms with van der Waals surface area (Å²) < 4.78 is 5.28. The standard InChI is InChI=1S/C17H23NO2/c1-14-7-6-10-16(11-14,12-18)17(19,13-20-2)15-8-4-3-5-9-15/h3-5,8-9,14,19H,6-7,10-11,13H2,1-2H3. The van der Waals surface area contributed by atoms with Crippen LogP contribution in [0.2, 0.25) is 0 Å². The molecule has 0 saturated heterocycles. The van der Waals surface area contributed by atoms with Gasteiger partial charge in [-0.25, -0.2) is 0 Å². The minimum Gasteiger partial charge on any atom is -0.381 e. The molecule has 1 N–H and O–H groups in total. The van der Waals surface area contributed by atoms with Crippen molar-refractivity contribution < 1.29 is 9.84 Å². The first kappa shape index (κ1) is 15.0. The van der Waals surface area contributed by atoms with Gasteiger partial charge < -0.3 is 9.84 Å². The Morgan fingerprint density at radius 3 is 2.70 bits per heavy atom. The largest absolute Gasteiger partial charge is 0.381 e. The molecule has 2 rings (SSSR count). The maximum absolute atomic E-state index is 11.3. The Hall–Kier alpha value is -1.37. The second kappa shape index (κ2) is 5.95. The summed E-state index contributed by atoms with van der Waals surface area (Å²) in [4.78, 5) is 0. The van der Waals surface area contributed by atoms with Crippen molar-refractivity contribution in [3.8, 4) is 6.07 Å². The first-order chi connectivity index (χ1) is 9.58. The van der Waals surface area contributed by atoms with E-state index in [1.165, 1.54) is 0 Å². The predicted octanol–water partition coefficient (Wildman–Crippen LogP) is 3.24. The number of benzene rings is 1. The van der Waals surface area contributed by atoms with Crippen LogP contribution >= 0.6 is 0 Å². The SMILES string of the molecule is COCC(O)(c1ccccc1)C1(C#N)CCCC(C)C1. The van der Waals surface area contributed by atoms with E-state index in [0.717, 1.165) is 31.2 Å². The topological polar surface area (TPSA) is 53.2 Å². The van der Waals surface area contributed by atoms with Gasteiger partial charge in [0.2, 0.25) is 0 Å². The van der Waals surface area contributed by atoms with Gasteiger partial charge in [-0.2, -0.15) is 5.26 Å². The molecule has 1 aromatic carbocycles.